The third kappa shape index (κ3) is 4.88. The molecule has 1 aliphatic rings. The van der Waals surface area contributed by atoms with Crippen LogP contribution in [0.1, 0.15) is 40.9 Å². The lowest BCUT2D eigenvalue weighted by Gasteiger charge is -2.22. The quantitative estimate of drug-likeness (QED) is 0.254. The second-order valence-corrected chi connectivity index (χ2v) is 10.5. The SMILES string of the molecule is COc1ccc(F)c(CN2C(=O)C(C)(C)c3c(I)cc(C(=O)NCc4c(F)cc(F)cc4F)cc32)c1Cl. The minimum absolute atomic E-state index is 0.0218. The second kappa shape index (κ2) is 10.1. The molecular weight excluding hydrogens is 627 g/mol. The average molecular weight is 647 g/mol. The Bertz CT molecular complexity index is 1420. The van der Waals surface area contributed by atoms with Gasteiger partial charge in [-0.3, -0.25) is 9.59 Å². The Balaban J connectivity index is 1.70. The standard InChI is InChI=1S/C26H20ClF4IN2O3/c1-26(2)22-19(32)6-12(24(35)33-10-14-17(30)8-13(28)9-18(14)31)7-20(22)34(25(26)36)11-15-16(29)4-5-21(37-3)23(15)27/h4-9H,10-11H2,1-3H3,(H,33,35). The molecule has 37 heavy (non-hydrogen) atoms. The van der Waals surface area contributed by atoms with Gasteiger partial charge in [0.25, 0.3) is 5.91 Å². The van der Waals surface area contributed by atoms with Gasteiger partial charge in [0.05, 0.1) is 29.8 Å². The van der Waals surface area contributed by atoms with E-state index in [1.807, 2.05) is 22.6 Å². The predicted molar refractivity (Wildman–Crippen MR) is 139 cm³/mol. The van der Waals surface area contributed by atoms with E-state index in [-0.39, 0.29) is 34.4 Å². The van der Waals surface area contributed by atoms with Crippen LogP contribution in [-0.4, -0.2) is 18.9 Å². The molecule has 1 aliphatic heterocycles. The monoisotopic (exact) mass is 646 g/mol. The summed E-state index contributed by atoms with van der Waals surface area (Å²) in [5, 5.41) is 2.44. The molecule has 0 unspecified atom stereocenters. The topological polar surface area (TPSA) is 58.6 Å². The predicted octanol–water partition coefficient (Wildman–Crippen LogP) is 6.26. The summed E-state index contributed by atoms with van der Waals surface area (Å²) in [7, 11) is 1.39. The Kier molecular flexibility index (Phi) is 7.44. The van der Waals surface area contributed by atoms with Crippen LogP contribution in [0, 0.1) is 26.8 Å². The van der Waals surface area contributed by atoms with Gasteiger partial charge in [-0.15, -0.1) is 0 Å². The molecule has 0 fully saturated rings. The molecule has 11 heteroatoms. The van der Waals surface area contributed by atoms with Gasteiger partial charge in [0.15, 0.2) is 0 Å². The number of benzene rings is 3. The fourth-order valence-electron chi connectivity index (χ4n) is 4.31. The summed E-state index contributed by atoms with van der Waals surface area (Å²) < 4.78 is 61.6. The molecule has 0 aromatic heterocycles. The fourth-order valence-corrected chi connectivity index (χ4v) is 5.89. The van der Waals surface area contributed by atoms with Crippen LogP contribution >= 0.6 is 34.2 Å². The molecule has 194 valence electrons. The maximum absolute atomic E-state index is 14.7. The van der Waals surface area contributed by atoms with E-state index < -0.39 is 46.7 Å². The number of carbonyl (C=O) groups is 2. The molecule has 3 aromatic rings. The highest BCUT2D eigenvalue weighted by Crippen LogP contribution is 2.46. The van der Waals surface area contributed by atoms with Crippen molar-refractivity contribution in [3.05, 3.63) is 90.5 Å². The maximum atomic E-state index is 14.7. The average Bonchev–Trinajstić information content (AvgIpc) is 3.01. The zero-order valence-corrected chi connectivity index (χ0v) is 22.7. The van der Waals surface area contributed by atoms with Crippen LogP contribution in [0.25, 0.3) is 0 Å². The van der Waals surface area contributed by atoms with Crippen LogP contribution in [0.4, 0.5) is 23.2 Å². The number of anilines is 1. The lowest BCUT2D eigenvalue weighted by atomic mass is 9.86. The number of rotatable bonds is 6. The third-order valence-corrected chi connectivity index (χ3v) is 7.51. The van der Waals surface area contributed by atoms with Crippen molar-refractivity contribution < 1.29 is 31.9 Å². The summed E-state index contributed by atoms with van der Waals surface area (Å²) in [4.78, 5) is 27.7. The number of nitrogens with one attached hydrogen (secondary N) is 1. The van der Waals surface area contributed by atoms with Crippen LogP contribution in [0.5, 0.6) is 5.75 Å². The van der Waals surface area contributed by atoms with Crippen molar-refractivity contribution in [1.29, 1.82) is 0 Å². The molecule has 1 heterocycles. The van der Waals surface area contributed by atoms with Crippen molar-refractivity contribution in [3.8, 4) is 5.75 Å². The number of hydrogen-bond acceptors (Lipinski definition) is 3. The number of amides is 2. The molecular formula is C26H20ClF4IN2O3. The van der Waals surface area contributed by atoms with Gasteiger partial charge < -0.3 is 15.0 Å². The van der Waals surface area contributed by atoms with E-state index in [0.717, 1.165) is 0 Å². The van der Waals surface area contributed by atoms with Crippen molar-refractivity contribution in [2.75, 3.05) is 12.0 Å². The van der Waals surface area contributed by atoms with Crippen molar-refractivity contribution in [3.63, 3.8) is 0 Å². The van der Waals surface area contributed by atoms with E-state index in [2.05, 4.69) is 5.32 Å². The molecule has 5 nitrogen and oxygen atoms in total. The Morgan fingerprint density at radius 1 is 1.05 bits per heavy atom. The van der Waals surface area contributed by atoms with Crippen molar-refractivity contribution in [2.45, 2.75) is 32.4 Å². The minimum atomic E-state index is -1.13. The lowest BCUT2D eigenvalue weighted by Crippen LogP contribution is -2.36. The number of fused-ring (bicyclic) bond motifs is 1. The van der Waals surface area contributed by atoms with Crippen molar-refractivity contribution in [1.82, 2.24) is 5.32 Å². The molecule has 0 radical (unpaired) electrons. The first-order valence-electron chi connectivity index (χ1n) is 10.9. The van der Waals surface area contributed by atoms with E-state index >= 15 is 0 Å². The van der Waals surface area contributed by atoms with Crippen LogP contribution in [-0.2, 0) is 23.3 Å². The summed E-state index contributed by atoms with van der Waals surface area (Å²) in [5.74, 6) is -4.71. The first-order valence-corrected chi connectivity index (χ1v) is 12.4. The molecule has 2 amide bonds. The smallest absolute Gasteiger partial charge is 0.251 e. The molecule has 0 atom stereocenters. The van der Waals surface area contributed by atoms with Gasteiger partial charge in [-0.25, -0.2) is 17.6 Å². The molecule has 0 spiro atoms. The highest BCUT2D eigenvalue weighted by atomic mass is 127. The van der Waals surface area contributed by atoms with Gasteiger partial charge in [0.2, 0.25) is 5.91 Å². The number of methoxy groups -OCH3 is 1. The second-order valence-electron chi connectivity index (χ2n) is 8.94. The van der Waals surface area contributed by atoms with Crippen molar-refractivity contribution in [2.24, 2.45) is 0 Å². The summed E-state index contributed by atoms with van der Waals surface area (Å²) in [6, 6.07) is 6.62. The van der Waals surface area contributed by atoms with Gasteiger partial charge in [0.1, 0.15) is 29.0 Å². The number of hydrogen-bond donors (Lipinski definition) is 1. The van der Waals surface area contributed by atoms with Gasteiger partial charge in [-0.2, -0.15) is 0 Å². The number of nitrogens with zero attached hydrogens (tertiary/aromatic N) is 1. The highest BCUT2D eigenvalue weighted by Gasteiger charge is 2.46. The Hall–Kier alpha value is -2.86. The molecule has 0 bridgehead atoms. The lowest BCUT2D eigenvalue weighted by molar-refractivity contribution is -0.122. The Labute approximate surface area is 228 Å². The van der Waals surface area contributed by atoms with Crippen LogP contribution in [0.15, 0.2) is 36.4 Å². The zero-order valence-electron chi connectivity index (χ0n) is 19.8. The Morgan fingerprint density at radius 2 is 1.70 bits per heavy atom. The van der Waals surface area contributed by atoms with E-state index in [0.29, 0.717) is 27.0 Å². The van der Waals surface area contributed by atoms with Gasteiger partial charge in [-0.05, 0) is 60.7 Å². The van der Waals surface area contributed by atoms with Crippen LogP contribution < -0.4 is 15.0 Å². The van der Waals surface area contributed by atoms with E-state index in [4.69, 9.17) is 16.3 Å². The summed E-state index contributed by atoms with van der Waals surface area (Å²) in [6.45, 7) is 2.70. The zero-order chi connectivity index (χ0) is 27.2. The van der Waals surface area contributed by atoms with E-state index in [9.17, 15) is 27.2 Å². The maximum Gasteiger partial charge on any atom is 0.251 e. The number of carbonyl (C=O) groups excluding carboxylic acids is 2. The van der Waals surface area contributed by atoms with Crippen LogP contribution in [0.2, 0.25) is 5.02 Å². The highest BCUT2D eigenvalue weighted by molar-refractivity contribution is 14.1. The normalized spacial score (nSPS) is 14.1. The van der Waals surface area contributed by atoms with Gasteiger partial charge in [0, 0.05) is 44.5 Å². The van der Waals surface area contributed by atoms with Crippen molar-refractivity contribution >= 4 is 51.7 Å². The first-order chi connectivity index (χ1) is 17.4. The molecule has 0 aliphatic carbocycles. The fraction of sp³-hybridized carbons (Fsp3) is 0.231. The molecule has 1 N–H and O–H groups in total. The largest absolute Gasteiger partial charge is 0.495 e. The van der Waals surface area contributed by atoms with Gasteiger partial charge in [-0.1, -0.05) is 11.6 Å². The molecule has 4 rings (SSSR count). The minimum Gasteiger partial charge on any atom is -0.495 e. The van der Waals surface area contributed by atoms with E-state index in [1.54, 1.807) is 19.9 Å². The summed E-state index contributed by atoms with van der Waals surface area (Å²) in [5.41, 5.74) is -0.298. The molecule has 0 saturated heterocycles. The van der Waals surface area contributed by atoms with Crippen LogP contribution in [0.3, 0.4) is 0 Å². The number of ether oxygens (including phenoxy) is 1. The van der Waals surface area contributed by atoms with Gasteiger partial charge >= 0.3 is 0 Å². The molecule has 3 aromatic carbocycles. The first kappa shape index (κ1) is 27.2. The Morgan fingerprint density at radius 3 is 2.32 bits per heavy atom. The summed E-state index contributed by atoms with van der Waals surface area (Å²) in [6.07, 6.45) is 0. The molecule has 0 saturated carbocycles. The number of halogens is 6. The third-order valence-electron chi connectivity index (χ3n) is 6.25. The summed E-state index contributed by atoms with van der Waals surface area (Å²) >= 11 is 8.33. The van der Waals surface area contributed by atoms with E-state index in [1.165, 1.54) is 30.2 Å².